The second kappa shape index (κ2) is 5.43. The Morgan fingerprint density at radius 3 is 2.74 bits per heavy atom. The maximum atomic E-state index is 11.6. The highest BCUT2D eigenvalue weighted by molar-refractivity contribution is 6.33. The van der Waals surface area contributed by atoms with Gasteiger partial charge in [-0.2, -0.15) is 0 Å². The van der Waals surface area contributed by atoms with Crippen molar-refractivity contribution in [1.29, 1.82) is 0 Å². The van der Waals surface area contributed by atoms with Crippen molar-refractivity contribution in [3.05, 3.63) is 76.3 Å². The number of hydrogen-bond acceptors (Lipinski definition) is 2. The minimum atomic E-state index is -0.894. The number of carboxylic acid groups (broad SMARTS) is 1. The van der Waals surface area contributed by atoms with Gasteiger partial charge in [0.15, 0.2) is 0 Å². The largest absolute Gasteiger partial charge is 0.478 e. The van der Waals surface area contributed by atoms with Crippen molar-refractivity contribution in [2.24, 2.45) is 5.92 Å². The van der Waals surface area contributed by atoms with E-state index in [1.54, 1.807) is 12.1 Å². The van der Waals surface area contributed by atoms with E-state index in [4.69, 9.17) is 11.6 Å². The number of rotatable bonds is 2. The monoisotopic (exact) mass is 325 g/mol. The average Bonchev–Trinajstić information content (AvgIpc) is 3.04. The zero-order valence-electron chi connectivity index (χ0n) is 12.4. The lowest BCUT2D eigenvalue weighted by molar-refractivity contribution is 0.0694. The molecule has 0 amide bonds. The molecule has 0 bridgehead atoms. The number of halogens is 1. The van der Waals surface area contributed by atoms with Gasteiger partial charge in [0, 0.05) is 5.92 Å². The van der Waals surface area contributed by atoms with Crippen molar-refractivity contribution in [3.63, 3.8) is 0 Å². The van der Waals surface area contributed by atoms with Crippen molar-refractivity contribution < 1.29 is 9.90 Å². The number of carboxylic acids is 1. The smallest absolute Gasteiger partial charge is 0.336 e. The molecule has 3 nitrogen and oxygen atoms in total. The van der Waals surface area contributed by atoms with Crippen LogP contribution in [-0.2, 0) is 0 Å². The quantitative estimate of drug-likeness (QED) is 0.775. The fourth-order valence-corrected chi connectivity index (χ4v) is 4.09. The summed E-state index contributed by atoms with van der Waals surface area (Å²) < 4.78 is 0. The molecule has 4 heteroatoms. The molecule has 2 aliphatic rings. The molecule has 3 atom stereocenters. The van der Waals surface area contributed by atoms with E-state index in [0.717, 1.165) is 17.7 Å². The van der Waals surface area contributed by atoms with Gasteiger partial charge in [0.25, 0.3) is 0 Å². The summed E-state index contributed by atoms with van der Waals surface area (Å²) in [6.45, 7) is 0. The number of hydrogen-bond donors (Lipinski definition) is 2. The molecule has 0 fully saturated rings. The van der Waals surface area contributed by atoms with Crippen LogP contribution in [0.5, 0.6) is 0 Å². The molecule has 4 rings (SSSR count). The first kappa shape index (κ1) is 14.3. The van der Waals surface area contributed by atoms with Gasteiger partial charge in [0.1, 0.15) is 0 Å². The van der Waals surface area contributed by atoms with Crippen LogP contribution in [0.2, 0.25) is 5.02 Å². The van der Waals surface area contributed by atoms with E-state index in [1.807, 2.05) is 24.3 Å². The van der Waals surface area contributed by atoms with Crippen molar-refractivity contribution in [1.82, 2.24) is 0 Å². The highest BCUT2D eigenvalue weighted by atomic mass is 35.5. The van der Waals surface area contributed by atoms with Crippen LogP contribution in [0.1, 0.15) is 39.9 Å². The highest BCUT2D eigenvalue weighted by Crippen LogP contribution is 2.51. The third kappa shape index (κ3) is 2.23. The molecule has 2 N–H and O–H groups in total. The van der Waals surface area contributed by atoms with Crippen molar-refractivity contribution in [2.75, 3.05) is 5.32 Å². The van der Waals surface area contributed by atoms with Gasteiger partial charge in [-0.15, -0.1) is 0 Å². The lowest BCUT2D eigenvalue weighted by Gasteiger charge is -2.38. The summed E-state index contributed by atoms with van der Waals surface area (Å²) in [6.07, 6.45) is 5.34. The molecule has 2 aromatic rings. The number of allylic oxidation sites excluding steroid dienone is 2. The first-order valence-electron chi connectivity index (χ1n) is 7.70. The minimum absolute atomic E-state index is 0.0605. The lowest BCUT2D eigenvalue weighted by Crippen LogP contribution is -2.30. The van der Waals surface area contributed by atoms with Gasteiger partial charge < -0.3 is 10.4 Å². The van der Waals surface area contributed by atoms with Crippen LogP contribution in [-0.4, -0.2) is 11.1 Å². The van der Waals surface area contributed by atoms with E-state index >= 15 is 0 Å². The first-order chi connectivity index (χ1) is 11.2. The van der Waals surface area contributed by atoms with Gasteiger partial charge in [0.05, 0.1) is 22.3 Å². The van der Waals surface area contributed by atoms with Crippen LogP contribution in [0, 0.1) is 5.92 Å². The third-order valence-electron chi connectivity index (χ3n) is 4.87. The van der Waals surface area contributed by atoms with Crippen molar-refractivity contribution in [3.8, 4) is 0 Å². The number of carbonyl (C=O) groups is 1. The Kier molecular flexibility index (Phi) is 3.38. The summed E-state index contributed by atoms with van der Waals surface area (Å²) in [5.41, 5.74) is 3.29. The minimum Gasteiger partial charge on any atom is -0.478 e. The summed E-state index contributed by atoms with van der Waals surface area (Å²) in [5.74, 6) is -0.312. The predicted octanol–water partition coefficient (Wildman–Crippen LogP) is 4.86. The molecule has 1 aliphatic carbocycles. The van der Waals surface area contributed by atoms with Gasteiger partial charge in [-0.1, -0.05) is 54.1 Å². The van der Waals surface area contributed by atoms with Gasteiger partial charge in [-0.05, 0) is 35.6 Å². The molecule has 0 saturated carbocycles. The zero-order chi connectivity index (χ0) is 16.0. The molecule has 116 valence electrons. The van der Waals surface area contributed by atoms with E-state index < -0.39 is 5.97 Å². The third-order valence-corrected chi connectivity index (χ3v) is 5.19. The topological polar surface area (TPSA) is 49.3 Å². The summed E-state index contributed by atoms with van der Waals surface area (Å²) in [5, 5.41) is 13.7. The Bertz CT molecular complexity index is 815. The second-order valence-corrected chi connectivity index (χ2v) is 6.48. The second-order valence-electron chi connectivity index (χ2n) is 6.07. The summed E-state index contributed by atoms with van der Waals surface area (Å²) in [6, 6.07) is 13.1. The maximum absolute atomic E-state index is 11.6. The van der Waals surface area contributed by atoms with Gasteiger partial charge in [-0.25, -0.2) is 4.79 Å². The maximum Gasteiger partial charge on any atom is 0.336 e. The summed E-state index contributed by atoms with van der Waals surface area (Å²) >= 11 is 6.38. The Balaban J connectivity index is 1.86. The standard InChI is InChI=1S/C19H16ClNO2/c20-16-10-4-9-13-11-7-3-8-12(11)17(21-18(13)16)14-5-1-2-6-15(14)19(22)23/h1-7,9-12,17,21H,8H2,(H,22,23)/t11-,12-,17+/m0/s1. The number of aromatic carboxylic acids is 1. The molecule has 1 aliphatic heterocycles. The average molecular weight is 326 g/mol. The van der Waals surface area contributed by atoms with E-state index in [9.17, 15) is 9.90 Å². The van der Waals surface area contributed by atoms with E-state index in [2.05, 4.69) is 23.5 Å². The fourth-order valence-electron chi connectivity index (χ4n) is 3.85. The molecule has 23 heavy (non-hydrogen) atoms. The number of nitrogens with one attached hydrogen (secondary N) is 1. The molecule has 0 aromatic heterocycles. The lowest BCUT2D eigenvalue weighted by atomic mass is 9.76. The summed E-state index contributed by atoms with van der Waals surface area (Å²) in [4.78, 5) is 11.6. The molecule has 2 aromatic carbocycles. The van der Waals surface area contributed by atoms with Crippen molar-refractivity contribution >= 4 is 23.3 Å². The molecule has 0 spiro atoms. The Morgan fingerprint density at radius 1 is 1.13 bits per heavy atom. The zero-order valence-corrected chi connectivity index (χ0v) is 13.1. The number of para-hydroxylation sites is 1. The molecular weight excluding hydrogens is 310 g/mol. The SMILES string of the molecule is O=C(O)c1ccccc1[C@@H]1Nc2c(Cl)cccc2[C@H]2C=CC[C@@H]21. The van der Waals surface area contributed by atoms with E-state index in [1.165, 1.54) is 5.56 Å². The number of fused-ring (bicyclic) bond motifs is 3. The molecule has 0 radical (unpaired) electrons. The van der Waals surface area contributed by atoms with Crippen LogP contribution in [0.3, 0.4) is 0 Å². The van der Waals surface area contributed by atoms with Crippen molar-refractivity contribution in [2.45, 2.75) is 18.4 Å². The van der Waals surface area contributed by atoms with Gasteiger partial charge in [0.2, 0.25) is 0 Å². The summed E-state index contributed by atoms with van der Waals surface area (Å²) in [7, 11) is 0. The van der Waals surface area contributed by atoms with Crippen LogP contribution in [0.4, 0.5) is 5.69 Å². The number of benzene rings is 2. The van der Waals surface area contributed by atoms with Crippen LogP contribution in [0.25, 0.3) is 0 Å². The predicted molar refractivity (Wildman–Crippen MR) is 91.2 cm³/mol. The molecule has 1 heterocycles. The molecule has 0 saturated heterocycles. The van der Waals surface area contributed by atoms with E-state index in [0.29, 0.717) is 16.5 Å². The Morgan fingerprint density at radius 2 is 1.91 bits per heavy atom. The van der Waals surface area contributed by atoms with Crippen LogP contribution < -0.4 is 5.32 Å². The Labute approximate surface area is 139 Å². The molecular formula is C19H16ClNO2. The van der Waals surface area contributed by atoms with Crippen LogP contribution >= 0.6 is 11.6 Å². The number of anilines is 1. The Hall–Kier alpha value is -2.26. The normalized spacial score (nSPS) is 24.7. The van der Waals surface area contributed by atoms with E-state index in [-0.39, 0.29) is 12.0 Å². The molecule has 0 unspecified atom stereocenters. The fraction of sp³-hybridized carbons (Fsp3) is 0.211. The van der Waals surface area contributed by atoms with Crippen LogP contribution in [0.15, 0.2) is 54.6 Å². The van der Waals surface area contributed by atoms with Gasteiger partial charge in [-0.3, -0.25) is 0 Å². The highest BCUT2D eigenvalue weighted by Gasteiger charge is 2.39. The first-order valence-corrected chi connectivity index (χ1v) is 8.08. The van der Waals surface area contributed by atoms with Gasteiger partial charge >= 0.3 is 5.97 Å².